The molecule has 2 aromatic carbocycles. The summed E-state index contributed by atoms with van der Waals surface area (Å²) in [7, 11) is 1.67. The van der Waals surface area contributed by atoms with Crippen molar-refractivity contribution in [3.8, 4) is 11.5 Å². The van der Waals surface area contributed by atoms with E-state index in [0.717, 1.165) is 29.8 Å². The topological polar surface area (TPSA) is 91.1 Å². The number of non-ortho nitro benzene ring substituents is 1. The quantitative estimate of drug-likeness (QED) is 0.310. The lowest BCUT2D eigenvalue weighted by atomic mass is 9.98. The molecule has 2 aliphatic rings. The summed E-state index contributed by atoms with van der Waals surface area (Å²) in [5.41, 5.74) is 2.64. The van der Waals surface area contributed by atoms with Crippen LogP contribution >= 0.6 is 0 Å². The fourth-order valence-electron chi connectivity index (χ4n) is 3.73. The lowest BCUT2D eigenvalue weighted by Crippen LogP contribution is -2.33. The van der Waals surface area contributed by atoms with Crippen LogP contribution in [0.15, 0.2) is 36.1 Å². The monoisotopic (exact) mass is 410 g/mol. The van der Waals surface area contributed by atoms with Crippen molar-refractivity contribution in [1.82, 2.24) is 4.90 Å². The van der Waals surface area contributed by atoms with Gasteiger partial charge in [-0.05, 0) is 36.6 Å². The Labute approximate surface area is 173 Å². The predicted molar refractivity (Wildman–Crippen MR) is 110 cm³/mol. The van der Waals surface area contributed by atoms with E-state index in [0.29, 0.717) is 36.8 Å². The second kappa shape index (κ2) is 8.25. The SMILES string of the molecule is COCCCN1COc2cc(C)c3c(c2C1)O/C(=C\c1cccc([N+](=O)[O-])c1)C3=O. The molecule has 0 saturated heterocycles. The number of ketones is 1. The Morgan fingerprint density at radius 3 is 2.93 bits per heavy atom. The highest BCUT2D eigenvalue weighted by Crippen LogP contribution is 2.44. The number of allylic oxidation sites excluding steroid dienone is 1. The second-order valence-electron chi connectivity index (χ2n) is 7.34. The molecule has 0 N–H and O–H groups in total. The minimum atomic E-state index is -0.468. The van der Waals surface area contributed by atoms with Gasteiger partial charge in [-0.1, -0.05) is 12.1 Å². The highest BCUT2D eigenvalue weighted by molar-refractivity contribution is 6.15. The van der Waals surface area contributed by atoms with Crippen LogP contribution in [0.3, 0.4) is 0 Å². The zero-order valence-electron chi connectivity index (χ0n) is 16.8. The number of rotatable bonds is 6. The summed E-state index contributed by atoms with van der Waals surface area (Å²) in [6, 6.07) is 7.97. The molecule has 0 aromatic heterocycles. The van der Waals surface area contributed by atoms with E-state index in [1.54, 1.807) is 25.3 Å². The Kier molecular flexibility index (Phi) is 5.52. The summed E-state index contributed by atoms with van der Waals surface area (Å²) in [6.45, 7) is 4.41. The highest BCUT2D eigenvalue weighted by Gasteiger charge is 2.35. The van der Waals surface area contributed by atoms with Crippen molar-refractivity contribution >= 4 is 17.5 Å². The van der Waals surface area contributed by atoms with E-state index < -0.39 is 4.92 Å². The number of ether oxygens (including phenoxy) is 3. The average molecular weight is 410 g/mol. The van der Waals surface area contributed by atoms with Crippen LogP contribution in [0.2, 0.25) is 0 Å². The summed E-state index contributed by atoms with van der Waals surface area (Å²) in [4.78, 5) is 25.7. The fraction of sp³-hybridized carbons (Fsp3) is 0.318. The first-order valence-corrected chi connectivity index (χ1v) is 9.67. The van der Waals surface area contributed by atoms with Gasteiger partial charge in [0.2, 0.25) is 5.78 Å². The van der Waals surface area contributed by atoms with Crippen LogP contribution in [-0.2, 0) is 11.3 Å². The summed E-state index contributed by atoms with van der Waals surface area (Å²) in [6.07, 6.45) is 2.42. The van der Waals surface area contributed by atoms with Crippen molar-refractivity contribution in [2.75, 3.05) is 27.0 Å². The van der Waals surface area contributed by atoms with Gasteiger partial charge >= 0.3 is 0 Å². The Balaban J connectivity index is 1.65. The van der Waals surface area contributed by atoms with Gasteiger partial charge in [-0.3, -0.25) is 19.8 Å². The highest BCUT2D eigenvalue weighted by atomic mass is 16.6. The maximum Gasteiger partial charge on any atom is 0.270 e. The Hall–Kier alpha value is -3.23. The van der Waals surface area contributed by atoms with Gasteiger partial charge in [0.1, 0.15) is 18.2 Å². The van der Waals surface area contributed by atoms with Gasteiger partial charge in [0.05, 0.1) is 16.1 Å². The maximum atomic E-state index is 13.0. The number of carbonyl (C=O) groups excluding carboxylic acids is 1. The summed E-state index contributed by atoms with van der Waals surface area (Å²) in [5, 5.41) is 11.0. The zero-order chi connectivity index (χ0) is 21.3. The Bertz CT molecular complexity index is 1050. The number of fused-ring (bicyclic) bond motifs is 3. The van der Waals surface area contributed by atoms with Gasteiger partial charge in [-0.25, -0.2) is 0 Å². The molecule has 0 atom stereocenters. The number of hydrogen-bond donors (Lipinski definition) is 0. The van der Waals surface area contributed by atoms with E-state index in [2.05, 4.69) is 4.90 Å². The van der Waals surface area contributed by atoms with Crippen molar-refractivity contribution < 1.29 is 23.9 Å². The Morgan fingerprint density at radius 2 is 2.17 bits per heavy atom. The minimum Gasteiger partial charge on any atom is -0.478 e. The molecule has 0 fully saturated rings. The van der Waals surface area contributed by atoms with E-state index in [1.165, 1.54) is 12.1 Å². The summed E-state index contributed by atoms with van der Waals surface area (Å²) in [5.74, 6) is 1.16. The van der Waals surface area contributed by atoms with Crippen LogP contribution in [0, 0.1) is 17.0 Å². The van der Waals surface area contributed by atoms with E-state index in [1.807, 2.05) is 13.0 Å². The second-order valence-corrected chi connectivity index (χ2v) is 7.34. The number of nitrogens with zero attached hydrogens (tertiary/aromatic N) is 2. The minimum absolute atomic E-state index is 0.0408. The third-order valence-electron chi connectivity index (χ3n) is 5.19. The molecule has 2 aliphatic heterocycles. The van der Waals surface area contributed by atoms with Crippen LogP contribution in [0.1, 0.15) is 33.5 Å². The molecular formula is C22H22N2O6. The van der Waals surface area contributed by atoms with Gasteiger partial charge < -0.3 is 14.2 Å². The van der Waals surface area contributed by atoms with Crippen molar-refractivity contribution in [2.24, 2.45) is 0 Å². The molecule has 4 rings (SSSR count). The predicted octanol–water partition coefficient (Wildman–Crippen LogP) is 3.71. The van der Waals surface area contributed by atoms with Crippen molar-refractivity contribution in [2.45, 2.75) is 19.9 Å². The molecule has 0 radical (unpaired) electrons. The molecule has 30 heavy (non-hydrogen) atoms. The van der Waals surface area contributed by atoms with Crippen LogP contribution < -0.4 is 9.47 Å². The molecule has 0 saturated carbocycles. The summed E-state index contributed by atoms with van der Waals surface area (Å²) < 4.78 is 17.0. The zero-order valence-corrected chi connectivity index (χ0v) is 16.8. The number of nitro benzene ring substituents is 1. The number of nitro groups is 1. The third kappa shape index (κ3) is 3.79. The summed E-state index contributed by atoms with van der Waals surface area (Å²) >= 11 is 0. The standard InChI is InChI=1S/C22H22N2O6/c1-14-9-18-17(12-23(13-29-18)7-4-8-28-2)22-20(14)21(25)19(30-22)11-15-5-3-6-16(10-15)24(26)27/h3,5-6,9-11H,4,7-8,12-13H2,1-2H3/b19-11-. The maximum absolute atomic E-state index is 13.0. The van der Waals surface area contributed by atoms with Crippen LogP contribution in [0.25, 0.3) is 6.08 Å². The van der Waals surface area contributed by atoms with Gasteiger partial charge in [-0.2, -0.15) is 0 Å². The molecule has 0 bridgehead atoms. The van der Waals surface area contributed by atoms with Crippen molar-refractivity contribution in [3.05, 3.63) is 68.5 Å². The molecule has 2 heterocycles. The Morgan fingerprint density at radius 1 is 1.33 bits per heavy atom. The van der Waals surface area contributed by atoms with Crippen molar-refractivity contribution in [3.63, 3.8) is 0 Å². The van der Waals surface area contributed by atoms with Gasteiger partial charge in [-0.15, -0.1) is 0 Å². The number of benzene rings is 2. The lowest BCUT2D eigenvalue weighted by Gasteiger charge is -2.30. The molecule has 2 aromatic rings. The average Bonchev–Trinajstić information content (AvgIpc) is 3.06. The number of carbonyl (C=O) groups is 1. The molecule has 0 amide bonds. The van der Waals surface area contributed by atoms with E-state index in [9.17, 15) is 14.9 Å². The molecule has 0 spiro atoms. The smallest absolute Gasteiger partial charge is 0.270 e. The number of aryl methyl sites for hydroxylation is 1. The molecule has 8 nitrogen and oxygen atoms in total. The van der Waals surface area contributed by atoms with Crippen molar-refractivity contribution in [1.29, 1.82) is 0 Å². The lowest BCUT2D eigenvalue weighted by molar-refractivity contribution is -0.384. The van der Waals surface area contributed by atoms with E-state index in [4.69, 9.17) is 14.2 Å². The molecular weight excluding hydrogens is 388 g/mol. The third-order valence-corrected chi connectivity index (χ3v) is 5.19. The van der Waals surface area contributed by atoms with Gasteiger partial charge in [0.15, 0.2) is 5.76 Å². The fourth-order valence-corrected chi connectivity index (χ4v) is 3.73. The number of Topliss-reactive ketones (excluding diaryl/α,β-unsaturated/α-hetero) is 1. The van der Waals surface area contributed by atoms with E-state index >= 15 is 0 Å². The molecule has 0 unspecified atom stereocenters. The molecule has 0 aliphatic carbocycles. The number of methoxy groups -OCH3 is 1. The molecule has 156 valence electrons. The van der Waals surface area contributed by atoms with E-state index in [-0.39, 0.29) is 17.2 Å². The van der Waals surface area contributed by atoms with Crippen LogP contribution in [-0.4, -0.2) is 42.6 Å². The largest absolute Gasteiger partial charge is 0.478 e. The normalized spacial score (nSPS) is 16.7. The number of hydrogen-bond acceptors (Lipinski definition) is 7. The molecule has 8 heteroatoms. The van der Waals surface area contributed by atoms with Crippen LogP contribution in [0.4, 0.5) is 5.69 Å². The first-order valence-electron chi connectivity index (χ1n) is 9.67. The van der Waals surface area contributed by atoms with Gasteiger partial charge in [0.25, 0.3) is 5.69 Å². The first kappa shape index (κ1) is 20.1. The van der Waals surface area contributed by atoms with Crippen LogP contribution in [0.5, 0.6) is 11.5 Å². The first-order chi connectivity index (χ1) is 14.5. The van der Waals surface area contributed by atoms with Gasteiger partial charge in [0, 0.05) is 38.9 Å².